The molecule has 1 fully saturated rings. The third-order valence-corrected chi connectivity index (χ3v) is 7.90. The minimum Gasteiger partial charge on any atom is -0.356 e. The maximum Gasteiger partial charge on any atom is 0.255 e. The number of nitrogens with one attached hydrogen (secondary N) is 3. The molecule has 0 aromatic heterocycles. The molecule has 2 aromatic rings. The molecule has 6 nitrogen and oxygen atoms in total. The molecule has 204 valence electrons. The highest BCUT2D eigenvalue weighted by Crippen LogP contribution is 2.51. The van der Waals surface area contributed by atoms with E-state index in [0.717, 1.165) is 60.8 Å². The number of benzene rings is 2. The number of rotatable bonds is 11. The van der Waals surface area contributed by atoms with E-state index in [-0.39, 0.29) is 23.8 Å². The maximum atomic E-state index is 13.5. The molecule has 0 aliphatic heterocycles. The second kappa shape index (κ2) is 12.5. The number of hydrogen-bond donors (Lipinski definition) is 3. The third kappa shape index (κ3) is 6.05. The van der Waals surface area contributed by atoms with Crippen molar-refractivity contribution in [1.29, 1.82) is 0 Å². The van der Waals surface area contributed by atoms with Gasteiger partial charge in [-0.25, -0.2) is 8.78 Å². The Balaban J connectivity index is 1.34. The van der Waals surface area contributed by atoms with Gasteiger partial charge in [-0.05, 0) is 60.8 Å². The number of fused-ring (bicyclic) bond motifs is 3. The number of carbonyl (C=O) groups is 3. The Hall–Kier alpha value is -3.29. The Labute approximate surface area is 223 Å². The van der Waals surface area contributed by atoms with Gasteiger partial charge in [0.2, 0.25) is 17.7 Å². The van der Waals surface area contributed by atoms with Crippen LogP contribution in [0.5, 0.6) is 0 Å². The fourth-order valence-electron chi connectivity index (χ4n) is 6.11. The minimum absolute atomic E-state index is 0.0201. The molecule has 0 saturated heterocycles. The number of alkyl halides is 2. The van der Waals surface area contributed by atoms with Gasteiger partial charge in [0.15, 0.2) is 0 Å². The van der Waals surface area contributed by atoms with Gasteiger partial charge >= 0.3 is 0 Å². The molecular weight excluding hydrogens is 488 g/mol. The first-order valence-corrected chi connectivity index (χ1v) is 13.6. The normalized spacial score (nSPS) is 19.4. The van der Waals surface area contributed by atoms with Crippen LogP contribution in [0.4, 0.5) is 8.78 Å². The Morgan fingerprint density at radius 3 is 2.05 bits per heavy atom. The molecule has 1 saturated carbocycles. The zero-order valence-electron chi connectivity index (χ0n) is 21.9. The van der Waals surface area contributed by atoms with E-state index in [2.05, 4.69) is 16.0 Å². The number of hydrogen-bond acceptors (Lipinski definition) is 3. The van der Waals surface area contributed by atoms with Crippen LogP contribution in [0.1, 0.15) is 69.4 Å². The number of halogens is 2. The molecular formula is C30H37F2N3O3. The van der Waals surface area contributed by atoms with Crippen molar-refractivity contribution in [3.63, 3.8) is 0 Å². The van der Waals surface area contributed by atoms with Crippen LogP contribution < -0.4 is 16.0 Å². The van der Waals surface area contributed by atoms with Crippen LogP contribution in [-0.2, 0) is 19.8 Å². The number of amides is 3. The summed E-state index contributed by atoms with van der Waals surface area (Å²) in [6.07, 6.45) is 3.32. The Bertz CT molecular complexity index is 1100. The van der Waals surface area contributed by atoms with E-state index in [1.54, 1.807) is 0 Å². The van der Waals surface area contributed by atoms with Crippen molar-refractivity contribution >= 4 is 17.7 Å². The van der Waals surface area contributed by atoms with Gasteiger partial charge in [-0.1, -0.05) is 61.4 Å². The largest absolute Gasteiger partial charge is 0.356 e. The summed E-state index contributed by atoms with van der Waals surface area (Å²) in [5.41, 5.74) is 2.64. The van der Waals surface area contributed by atoms with E-state index < -0.39 is 24.3 Å². The summed E-state index contributed by atoms with van der Waals surface area (Å²) in [6.45, 7) is 1.40. The second-order valence-electron chi connectivity index (χ2n) is 10.4. The van der Waals surface area contributed by atoms with Crippen molar-refractivity contribution in [1.82, 2.24) is 16.0 Å². The highest BCUT2D eigenvalue weighted by molar-refractivity contribution is 6.00. The van der Waals surface area contributed by atoms with Gasteiger partial charge < -0.3 is 16.0 Å². The molecule has 4 rings (SSSR count). The van der Waals surface area contributed by atoms with E-state index in [9.17, 15) is 23.2 Å². The lowest BCUT2D eigenvalue weighted by Crippen LogP contribution is -2.45. The summed E-state index contributed by atoms with van der Waals surface area (Å²) in [6, 6.07) is 15.6. The van der Waals surface area contributed by atoms with Gasteiger partial charge in [-0.3, -0.25) is 14.4 Å². The van der Waals surface area contributed by atoms with Crippen LogP contribution in [0.15, 0.2) is 48.5 Å². The van der Waals surface area contributed by atoms with Gasteiger partial charge in [0.05, 0.1) is 6.54 Å². The van der Waals surface area contributed by atoms with Crippen LogP contribution in [0.3, 0.4) is 0 Å². The van der Waals surface area contributed by atoms with Gasteiger partial charge in [-0.2, -0.15) is 0 Å². The molecule has 38 heavy (non-hydrogen) atoms. The number of unbranched alkanes of at least 4 members (excludes halogenated alkanes) is 2. The molecule has 0 unspecified atom stereocenters. The van der Waals surface area contributed by atoms with Crippen molar-refractivity contribution in [2.45, 2.75) is 76.2 Å². The Kier molecular flexibility index (Phi) is 9.13. The molecule has 0 atom stereocenters. The van der Waals surface area contributed by atoms with Crippen molar-refractivity contribution < 1.29 is 23.2 Å². The third-order valence-electron chi connectivity index (χ3n) is 7.90. The van der Waals surface area contributed by atoms with E-state index in [4.69, 9.17) is 0 Å². The minimum atomic E-state index is -2.62. The maximum absolute atomic E-state index is 13.5. The van der Waals surface area contributed by atoms with Crippen molar-refractivity contribution in [2.24, 2.45) is 5.92 Å². The molecule has 2 aliphatic rings. The summed E-state index contributed by atoms with van der Waals surface area (Å²) in [5.74, 6) is -0.379. The molecule has 2 aromatic carbocycles. The first kappa shape index (κ1) is 27.7. The van der Waals surface area contributed by atoms with Gasteiger partial charge in [0.25, 0.3) is 6.43 Å². The van der Waals surface area contributed by atoms with E-state index in [0.29, 0.717) is 19.4 Å². The molecule has 3 amide bonds. The van der Waals surface area contributed by atoms with Gasteiger partial charge in [0.1, 0.15) is 5.41 Å². The second-order valence-corrected chi connectivity index (χ2v) is 10.4. The van der Waals surface area contributed by atoms with Crippen molar-refractivity contribution in [3.05, 3.63) is 59.7 Å². The van der Waals surface area contributed by atoms with E-state index in [1.807, 2.05) is 48.5 Å². The lowest BCUT2D eigenvalue weighted by Gasteiger charge is -2.31. The monoisotopic (exact) mass is 525 g/mol. The molecule has 3 N–H and O–H groups in total. The highest BCUT2D eigenvalue weighted by atomic mass is 19.3. The topological polar surface area (TPSA) is 87.3 Å². The van der Waals surface area contributed by atoms with Gasteiger partial charge in [0, 0.05) is 25.4 Å². The smallest absolute Gasteiger partial charge is 0.255 e. The van der Waals surface area contributed by atoms with Crippen LogP contribution in [0, 0.1) is 5.92 Å². The fourth-order valence-corrected chi connectivity index (χ4v) is 6.11. The molecule has 0 bridgehead atoms. The SMILES string of the molecule is CC(=O)NC1CCC(C(=O)NCCCCCC2(C(=O)NCC(F)F)c3ccccc3-c3ccccc32)CC1. The van der Waals surface area contributed by atoms with Crippen molar-refractivity contribution in [2.75, 3.05) is 13.1 Å². The molecule has 2 aliphatic carbocycles. The molecule has 0 spiro atoms. The van der Waals surface area contributed by atoms with Crippen LogP contribution in [0.2, 0.25) is 0 Å². The highest BCUT2D eigenvalue weighted by Gasteiger charge is 2.48. The summed E-state index contributed by atoms with van der Waals surface area (Å²) in [7, 11) is 0. The van der Waals surface area contributed by atoms with Crippen LogP contribution in [-0.4, -0.2) is 43.3 Å². The first-order valence-electron chi connectivity index (χ1n) is 13.6. The lowest BCUT2D eigenvalue weighted by atomic mass is 9.73. The zero-order chi connectivity index (χ0) is 27.1. The standard InChI is InChI=1S/C30H37F2N3O3/c1-20(36)35-22-15-13-21(14-16-22)28(37)33-18-8-2-7-17-30(29(38)34-19-27(31)32)25-11-5-3-9-23(25)24-10-4-6-12-26(24)30/h3-6,9-12,21-22,27H,2,7-8,13-19H2,1H3,(H,33,37)(H,34,38)(H,35,36). The quantitative estimate of drug-likeness (QED) is 0.372. The zero-order valence-corrected chi connectivity index (χ0v) is 21.9. The molecule has 0 radical (unpaired) electrons. The average molecular weight is 526 g/mol. The lowest BCUT2D eigenvalue weighted by molar-refractivity contribution is -0.126. The van der Waals surface area contributed by atoms with E-state index in [1.165, 1.54) is 6.92 Å². The predicted molar refractivity (Wildman–Crippen MR) is 143 cm³/mol. The summed E-state index contributed by atoms with van der Waals surface area (Å²) in [5, 5.41) is 8.47. The predicted octanol–water partition coefficient (Wildman–Crippen LogP) is 4.71. The Morgan fingerprint density at radius 1 is 0.868 bits per heavy atom. The van der Waals surface area contributed by atoms with Crippen LogP contribution in [0.25, 0.3) is 11.1 Å². The van der Waals surface area contributed by atoms with Gasteiger partial charge in [-0.15, -0.1) is 0 Å². The first-order chi connectivity index (χ1) is 18.3. The average Bonchev–Trinajstić information content (AvgIpc) is 3.20. The summed E-state index contributed by atoms with van der Waals surface area (Å²) < 4.78 is 26.0. The molecule has 0 heterocycles. The van der Waals surface area contributed by atoms with Crippen LogP contribution >= 0.6 is 0 Å². The van der Waals surface area contributed by atoms with Crippen molar-refractivity contribution in [3.8, 4) is 11.1 Å². The van der Waals surface area contributed by atoms with E-state index >= 15 is 0 Å². The molecule has 8 heteroatoms. The number of carbonyl (C=O) groups excluding carboxylic acids is 3. The fraction of sp³-hybridized carbons (Fsp3) is 0.500. The Morgan fingerprint density at radius 2 is 1.47 bits per heavy atom. The summed E-state index contributed by atoms with van der Waals surface area (Å²) >= 11 is 0. The summed E-state index contributed by atoms with van der Waals surface area (Å²) in [4.78, 5) is 37.4.